The Hall–Kier alpha value is -1.83. The van der Waals surface area contributed by atoms with Gasteiger partial charge < -0.3 is 5.73 Å². The zero-order valence-corrected chi connectivity index (χ0v) is 15.3. The third-order valence-corrected chi connectivity index (χ3v) is 3.33. The first-order chi connectivity index (χ1) is 9.97. The second-order valence-corrected chi connectivity index (χ2v) is 7.41. The molecule has 122 valence electrons. The van der Waals surface area contributed by atoms with Gasteiger partial charge in [-0.2, -0.15) is 0 Å². The van der Waals surface area contributed by atoms with Crippen molar-refractivity contribution >= 4 is 5.71 Å². The molecule has 0 heterocycles. The summed E-state index contributed by atoms with van der Waals surface area (Å²) < 4.78 is 0. The molecule has 0 aromatic carbocycles. The van der Waals surface area contributed by atoms with Crippen LogP contribution in [-0.4, -0.2) is 5.71 Å². The van der Waals surface area contributed by atoms with Crippen LogP contribution < -0.4 is 5.73 Å². The van der Waals surface area contributed by atoms with Crippen molar-refractivity contribution in [2.45, 2.75) is 48.5 Å². The molecule has 0 amide bonds. The number of allylic oxidation sites excluding steroid dienone is 7. The van der Waals surface area contributed by atoms with Gasteiger partial charge in [0.15, 0.2) is 0 Å². The molecule has 0 aromatic heterocycles. The van der Waals surface area contributed by atoms with Crippen molar-refractivity contribution in [1.29, 1.82) is 0 Å². The normalized spacial score (nSPS) is 15.8. The molecule has 0 spiro atoms. The lowest BCUT2D eigenvalue weighted by Crippen LogP contribution is -2.12. The molecule has 0 aromatic rings. The van der Waals surface area contributed by atoms with Gasteiger partial charge in [-0.15, -0.1) is 0 Å². The van der Waals surface area contributed by atoms with E-state index in [0.717, 1.165) is 22.6 Å². The van der Waals surface area contributed by atoms with E-state index in [1.165, 1.54) is 0 Å². The van der Waals surface area contributed by atoms with E-state index < -0.39 is 0 Å². The number of nitrogens with two attached hydrogens (primary N) is 1. The first-order valence-electron chi connectivity index (χ1n) is 7.62. The molecular formula is C20H32N2. The Labute approximate surface area is 136 Å². The van der Waals surface area contributed by atoms with E-state index in [1.807, 2.05) is 19.1 Å². The topological polar surface area (TPSA) is 38.4 Å². The fourth-order valence-corrected chi connectivity index (χ4v) is 1.85. The summed E-state index contributed by atoms with van der Waals surface area (Å²) in [6, 6.07) is 0. The minimum atomic E-state index is -0.0929. The molecule has 2 heteroatoms. The second kappa shape index (κ2) is 7.98. The molecule has 0 aliphatic carbocycles. The van der Waals surface area contributed by atoms with Crippen LogP contribution in [-0.2, 0) is 0 Å². The van der Waals surface area contributed by atoms with Gasteiger partial charge in [0, 0.05) is 17.3 Å². The molecule has 22 heavy (non-hydrogen) atoms. The van der Waals surface area contributed by atoms with Gasteiger partial charge in [0.2, 0.25) is 0 Å². The van der Waals surface area contributed by atoms with Crippen molar-refractivity contribution in [2.75, 3.05) is 0 Å². The van der Waals surface area contributed by atoms with E-state index in [-0.39, 0.29) is 10.8 Å². The van der Waals surface area contributed by atoms with Crippen molar-refractivity contribution in [3.05, 3.63) is 60.5 Å². The van der Waals surface area contributed by atoms with Crippen molar-refractivity contribution in [3.8, 4) is 0 Å². The van der Waals surface area contributed by atoms with E-state index in [4.69, 9.17) is 10.7 Å². The summed E-state index contributed by atoms with van der Waals surface area (Å²) in [6.45, 7) is 22.5. The van der Waals surface area contributed by atoms with Crippen LogP contribution in [0.2, 0.25) is 0 Å². The Bertz CT molecular complexity index is 527. The lowest BCUT2D eigenvalue weighted by atomic mass is 9.85. The Morgan fingerprint density at radius 3 is 1.86 bits per heavy atom. The van der Waals surface area contributed by atoms with E-state index in [0.29, 0.717) is 0 Å². The van der Waals surface area contributed by atoms with E-state index in [1.54, 1.807) is 12.3 Å². The van der Waals surface area contributed by atoms with Gasteiger partial charge in [0.05, 0.1) is 5.70 Å². The van der Waals surface area contributed by atoms with Crippen LogP contribution in [0.5, 0.6) is 0 Å². The van der Waals surface area contributed by atoms with Gasteiger partial charge in [-0.05, 0) is 29.6 Å². The third kappa shape index (κ3) is 6.30. The predicted octanol–water partition coefficient (Wildman–Crippen LogP) is 5.56. The van der Waals surface area contributed by atoms with E-state index in [9.17, 15) is 0 Å². The van der Waals surface area contributed by atoms with Gasteiger partial charge in [0.1, 0.15) is 0 Å². The van der Waals surface area contributed by atoms with Crippen LogP contribution in [0.3, 0.4) is 0 Å². The quantitative estimate of drug-likeness (QED) is 0.523. The van der Waals surface area contributed by atoms with Crippen LogP contribution >= 0.6 is 0 Å². The summed E-state index contributed by atoms with van der Waals surface area (Å²) in [5.41, 5.74) is 9.62. The third-order valence-electron chi connectivity index (χ3n) is 3.33. The van der Waals surface area contributed by atoms with Crippen LogP contribution in [0.25, 0.3) is 0 Å². The molecular weight excluding hydrogens is 268 g/mol. The van der Waals surface area contributed by atoms with Gasteiger partial charge in [-0.3, -0.25) is 4.99 Å². The Morgan fingerprint density at radius 1 is 1.00 bits per heavy atom. The molecule has 0 radical (unpaired) electrons. The van der Waals surface area contributed by atoms with Crippen LogP contribution in [0.15, 0.2) is 65.5 Å². The summed E-state index contributed by atoms with van der Waals surface area (Å²) in [5, 5.41) is 0. The van der Waals surface area contributed by atoms with Crippen molar-refractivity contribution in [1.82, 2.24) is 0 Å². The number of aliphatic imine (C=N–C) groups is 1. The molecule has 0 atom stereocenters. The fraction of sp³-hybridized carbons (Fsp3) is 0.450. The minimum absolute atomic E-state index is 0.0266. The number of rotatable bonds is 5. The molecule has 0 saturated heterocycles. The zero-order chi connectivity index (χ0) is 17.6. The Morgan fingerprint density at radius 2 is 1.55 bits per heavy atom. The van der Waals surface area contributed by atoms with E-state index in [2.05, 4.69) is 60.8 Å². The van der Waals surface area contributed by atoms with Gasteiger partial charge in [-0.25, -0.2) is 0 Å². The summed E-state index contributed by atoms with van der Waals surface area (Å²) in [5.74, 6) is 0. The van der Waals surface area contributed by atoms with Crippen LogP contribution in [0.1, 0.15) is 48.5 Å². The highest BCUT2D eigenvalue weighted by molar-refractivity contribution is 6.01. The van der Waals surface area contributed by atoms with Crippen molar-refractivity contribution in [2.24, 2.45) is 21.6 Å². The zero-order valence-electron chi connectivity index (χ0n) is 15.3. The molecule has 2 N–H and O–H groups in total. The predicted molar refractivity (Wildman–Crippen MR) is 101 cm³/mol. The lowest BCUT2D eigenvalue weighted by Gasteiger charge is -2.22. The van der Waals surface area contributed by atoms with Gasteiger partial charge in [0.25, 0.3) is 0 Å². The average molecular weight is 300 g/mol. The Kier molecular flexibility index (Phi) is 7.31. The smallest absolute Gasteiger partial charge is 0.0614 e. The highest BCUT2D eigenvalue weighted by Crippen LogP contribution is 2.29. The van der Waals surface area contributed by atoms with Crippen LogP contribution in [0.4, 0.5) is 0 Å². The van der Waals surface area contributed by atoms with Crippen LogP contribution in [0, 0.1) is 10.8 Å². The Balaban J connectivity index is 5.92. The molecule has 0 saturated carbocycles. The first-order valence-corrected chi connectivity index (χ1v) is 7.62. The molecule has 0 bridgehead atoms. The van der Waals surface area contributed by atoms with Gasteiger partial charge in [-0.1, -0.05) is 72.9 Å². The highest BCUT2D eigenvalue weighted by atomic mass is 14.8. The molecule has 0 rings (SSSR count). The number of hydrogen-bond acceptors (Lipinski definition) is 2. The maximum atomic E-state index is 5.74. The molecule has 0 fully saturated rings. The maximum absolute atomic E-state index is 5.74. The first kappa shape index (κ1) is 20.2. The summed E-state index contributed by atoms with van der Waals surface area (Å²) >= 11 is 0. The SMILES string of the molecule is C=C/C=C(\C=C(/C=C)C(C)(C)C)C(/C)=N\C(=C/N)C(C)(C)C. The molecule has 0 aliphatic heterocycles. The summed E-state index contributed by atoms with van der Waals surface area (Å²) in [4.78, 5) is 4.71. The average Bonchev–Trinajstić information content (AvgIpc) is 2.37. The minimum Gasteiger partial charge on any atom is -0.403 e. The molecule has 0 aliphatic rings. The summed E-state index contributed by atoms with van der Waals surface area (Å²) in [7, 11) is 0. The highest BCUT2D eigenvalue weighted by Gasteiger charge is 2.18. The second-order valence-electron chi connectivity index (χ2n) is 7.41. The number of hydrogen-bond donors (Lipinski definition) is 1. The molecule has 2 nitrogen and oxygen atoms in total. The van der Waals surface area contributed by atoms with Crippen molar-refractivity contribution in [3.63, 3.8) is 0 Å². The summed E-state index contributed by atoms with van der Waals surface area (Å²) in [6.07, 6.45) is 9.33. The number of nitrogens with zero attached hydrogens (tertiary/aromatic N) is 1. The largest absolute Gasteiger partial charge is 0.403 e. The van der Waals surface area contributed by atoms with Gasteiger partial charge >= 0.3 is 0 Å². The fourth-order valence-electron chi connectivity index (χ4n) is 1.85. The standard InChI is InChI=1S/C20H32N2/c1-10-12-16(13-17(11-2)19(4,5)6)15(3)22-18(14-21)20(7,8)9/h10-14H,1-2,21H2,3-9H3/b16-12+,17-13+,18-14-,22-15-. The lowest BCUT2D eigenvalue weighted by molar-refractivity contribution is 0.497. The van der Waals surface area contributed by atoms with Crippen molar-refractivity contribution < 1.29 is 0 Å². The monoisotopic (exact) mass is 300 g/mol. The molecule has 0 unspecified atom stereocenters. The van der Waals surface area contributed by atoms with E-state index >= 15 is 0 Å². The maximum Gasteiger partial charge on any atom is 0.0614 e.